The maximum atomic E-state index is 12.6. The van der Waals surface area contributed by atoms with Crippen LogP contribution in [0.15, 0.2) is 47.4 Å². The van der Waals surface area contributed by atoms with E-state index >= 15 is 0 Å². The van der Waals surface area contributed by atoms with Crippen LogP contribution in [0.2, 0.25) is 5.02 Å². The van der Waals surface area contributed by atoms with Gasteiger partial charge in [-0.3, -0.25) is 9.10 Å². The third-order valence-electron chi connectivity index (χ3n) is 4.35. The summed E-state index contributed by atoms with van der Waals surface area (Å²) >= 11 is 7.44. The summed E-state index contributed by atoms with van der Waals surface area (Å²) in [4.78, 5) is 13.7. The molecular weight excluding hydrogens is 448 g/mol. The number of amides is 1. The average Bonchev–Trinajstić information content (AvgIpc) is 2.71. The Balaban J connectivity index is 1.64. The van der Waals surface area contributed by atoms with Gasteiger partial charge in [-0.25, -0.2) is 8.42 Å². The molecule has 0 radical (unpaired) electrons. The van der Waals surface area contributed by atoms with Gasteiger partial charge in [0.1, 0.15) is 19.3 Å². The van der Waals surface area contributed by atoms with Crippen molar-refractivity contribution in [1.82, 2.24) is 5.32 Å². The predicted octanol–water partition coefficient (Wildman–Crippen LogP) is 3.17. The van der Waals surface area contributed by atoms with Gasteiger partial charge < -0.3 is 14.8 Å². The predicted molar refractivity (Wildman–Crippen MR) is 119 cm³/mol. The molecule has 2 aromatic rings. The van der Waals surface area contributed by atoms with Crippen molar-refractivity contribution < 1.29 is 22.7 Å². The third kappa shape index (κ3) is 5.74. The van der Waals surface area contributed by atoms with Gasteiger partial charge in [-0.1, -0.05) is 11.6 Å². The molecule has 1 amide bonds. The molecule has 162 valence electrons. The monoisotopic (exact) mass is 470 g/mol. The largest absolute Gasteiger partial charge is 0.486 e. The third-order valence-corrected chi connectivity index (χ3v) is 6.86. The van der Waals surface area contributed by atoms with Crippen LogP contribution in [0.5, 0.6) is 11.5 Å². The molecule has 30 heavy (non-hydrogen) atoms. The molecule has 1 aliphatic heterocycles. The van der Waals surface area contributed by atoms with Crippen molar-refractivity contribution in [2.75, 3.05) is 36.1 Å². The fourth-order valence-corrected chi connectivity index (χ4v) is 5.06. The van der Waals surface area contributed by atoms with Crippen molar-refractivity contribution in [2.24, 2.45) is 0 Å². The molecule has 10 heteroatoms. The van der Waals surface area contributed by atoms with Crippen LogP contribution in [0.1, 0.15) is 6.92 Å². The fraction of sp³-hybridized carbons (Fsp3) is 0.350. The van der Waals surface area contributed by atoms with Crippen LogP contribution in [0.25, 0.3) is 0 Å². The van der Waals surface area contributed by atoms with E-state index in [1.54, 1.807) is 36.9 Å². The van der Waals surface area contributed by atoms with Gasteiger partial charge in [-0.15, -0.1) is 11.8 Å². The van der Waals surface area contributed by atoms with E-state index in [9.17, 15) is 13.2 Å². The SMILES string of the molecule is C[C@@H](C(=O)NCCSc1ccc(Cl)cc1)N(c1ccc2c(c1)OCCO2)S(C)(=O)=O. The Bertz CT molecular complexity index is 999. The number of nitrogens with zero attached hydrogens (tertiary/aromatic N) is 1. The topological polar surface area (TPSA) is 84.9 Å². The van der Waals surface area contributed by atoms with Gasteiger partial charge in [0.05, 0.1) is 11.9 Å². The van der Waals surface area contributed by atoms with Gasteiger partial charge in [0.2, 0.25) is 15.9 Å². The van der Waals surface area contributed by atoms with E-state index in [1.807, 2.05) is 24.3 Å². The number of hydrogen-bond acceptors (Lipinski definition) is 6. The summed E-state index contributed by atoms with van der Waals surface area (Å²) < 4.78 is 37.0. The van der Waals surface area contributed by atoms with Gasteiger partial charge in [0, 0.05) is 28.3 Å². The van der Waals surface area contributed by atoms with E-state index < -0.39 is 16.1 Å². The highest BCUT2D eigenvalue weighted by Gasteiger charge is 2.30. The Morgan fingerprint density at radius 2 is 1.83 bits per heavy atom. The standard InChI is InChI=1S/C20H23ClN2O5S2/c1-14(20(24)22-9-12-29-17-6-3-15(21)4-7-17)23(30(2,25)26)16-5-8-18-19(13-16)28-11-10-27-18/h3-8,13-14H,9-12H2,1-2H3,(H,22,24)/t14-/m0/s1. The number of halogens is 1. The second-order valence-corrected chi connectivity index (χ2v) is 10.1. The molecule has 0 spiro atoms. The van der Waals surface area contributed by atoms with E-state index in [0.29, 0.717) is 47.7 Å². The summed E-state index contributed by atoms with van der Waals surface area (Å²) in [6.45, 7) is 2.78. The van der Waals surface area contributed by atoms with Crippen molar-refractivity contribution in [3.63, 3.8) is 0 Å². The van der Waals surface area contributed by atoms with Gasteiger partial charge in [0.15, 0.2) is 11.5 Å². The molecule has 3 rings (SSSR count). The minimum absolute atomic E-state index is 0.347. The van der Waals surface area contributed by atoms with Crippen molar-refractivity contribution in [1.29, 1.82) is 0 Å². The minimum atomic E-state index is -3.71. The van der Waals surface area contributed by atoms with Gasteiger partial charge in [0.25, 0.3) is 0 Å². The normalized spacial score (nSPS) is 14.1. The van der Waals surface area contributed by atoms with Crippen molar-refractivity contribution in [2.45, 2.75) is 17.9 Å². The lowest BCUT2D eigenvalue weighted by Gasteiger charge is -2.29. The fourth-order valence-electron chi connectivity index (χ4n) is 3.00. The molecule has 1 N–H and O–H groups in total. The summed E-state index contributed by atoms with van der Waals surface area (Å²) in [5.41, 5.74) is 0.347. The van der Waals surface area contributed by atoms with Crippen LogP contribution in [-0.4, -0.2) is 52.1 Å². The smallest absolute Gasteiger partial charge is 0.243 e. The molecule has 0 saturated heterocycles. The number of carbonyl (C=O) groups excluding carboxylic acids is 1. The molecule has 0 saturated carbocycles. The highest BCUT2D eigenvalue weighted by molar-refractivity contribution is 7.99. The van der Waals surface area contributed by atoms with Gasteiger partial charge in [-0.2, -0.15) is 0 Å². The molecule has 1 heterocycles. The molecule has 1 atom stereocenters. The molecular formula is C20H23ClN2O5S2. The zero-order chi connectivity index (χ0) is 21.7. The summed E-state index contributed by atoms with van der Waals surface area (Å²) in [6, 6.07) is 11.3. The lowest BCUT2D eigenvalue weighted by Crippen LogP contribution is -2.48. The first-order valence-corrected chi connectivity index (χ1v) is 12.5. The maximum Gasteiger partial charge on any atom is 0.243 e. The highest BCUT2D eigenvalue weighted by atomic mass is 35.5. The summed E-state index contributed by atoms with van der Waals surface area (Å²) in [7, 11) is -3.71. The van der Waals surface area contributed by atoms with E-state index in [-0.39, 0.29) is 5.91 Å². The zero-order valence-electron chi connectivity index (χ0n) is 16.6. The molecule has 7 nitrogen and oxygen atoms in total. The maximum absolute atomic E-state index is 12.6. The minimum Gasteiger partial charge on any atom is -0.486 e. The molecule has 0 aliphatic carbocycles. The van der Waals surface area contributed by atoms with Crippen LogP contribution in [0, 0.1) is 0 Å². The quantitative estimate of drug-likeness (QED) is 0.471. The van der Waals surface area contributed by atoms with Crippen LogP contribution >= 0.6 is 23.4 Å². The molecule has 0 bridgehead atoms. The summed E-state index contributed by atoms with van der Waals surface area (Å²) in [6.07, 6.45) is 1.07. The van der Waals surface area contributed by atoms with Gasteiger partial charge >= 0.3 is 0 Å². The second-order valence-electron chi connectivity index (χ2n) is 6.66. The number of hydrogen-bond donors (Lipinski definition) is 1. The number of nitrogens with one attached hydrogen (secondary N) is 1. The van der Waals surface area contributed by atoms with Crippen LogP contribution in [0.3, 0.4) is 0 Å². The van der Waals surface area contributed by atoms with E-state index in [2.05, 4.69) is 5.32 Å². The number of rotatable bonds is 8. The molecule has 1 aliphatic rings. The number of anilines is 1. The lowest BCUT2D eigenvalue weighted by atomic mass is 10.2. The van der Waals surface area contributed by atoms with E-state index in [0.717, 1.165) is 15.5 Å². The Labute approximate surface area is 185 Å². The molecule has 0 fully saturated rings. The molecule has 0 aromatic heterocycles. The molecule has 2 aromatic carbocycles. The number of fused-ring (bicyclic) bond motifs is 1. The number of ether oxygens (including phenoxy) is 2. The summed E-state index contributed by atoms with van der Waals surface area (Å²) in [5.74, 6) is 1.27. The van der Waals surface area contributed by atoms with Crippen molar-refractivity contribution in [3.05, 3.63) is 47.5 Å². The second kappa shape index (κ2) is 9.80. The van der Waals surface area contributed by atoms with Crippen LogP contribution in [0.4, 0.5) is 5.69 Å². The van der Waals surface area contributed by atoms with Crippen molar-refractivity contribution >= 4 is 45.0 Å². The van der Waals surface area contributed by atoms with Gasteiger partial charge in [-0.05, 0) is 43.3 Å². The lowest BCUT2D eigenvalue weighted by molar-refractivity contribution is -0.121. The Morgan fingerprint density at radius 3 is 2.50 bits per heavy atom. The Kier molecular flexibility index (Phi) is 7.38. The number of benzene rings is 2. The van der Waals surface area contributed by atoms with Crippen molar-refractivity contribution in [3.8, 4) is 11.5 Å². The first-order chi connectivity index (χ1) is 14.3. The van der Waals surface area contributed by atoms with E-state index in [1.165, 1.54) is 0 Å². The molecule has 0 unspecified atom stereocenters. The number of thioether (sulfide) groups is 1. The number of carbonyl (C=O) groups is 1. The first kappa shape index (κ1) is 22.6. The van der Waals surface area contributed by atoms with Crippen LogP contribution in [-0.2, 0) is 14.8 Å². The Morgan fingerprint density at radius 1 is 1.17 bits per heavy atom. The number of sulfonamides is 1. The Hall–Kier alpha value is -2.10. The highest BCUT2D eigenvalue weighted by Crippen LogP contribution is 2.35. The summed E-state index contributed by atoms with van der Waals surface area (Å²) in [5, 5.41) is 3.47. The van der Waals surface area contributed by atoms with Crippen LogP contribution < -0.4 is 19.1 Å². The average molecular weight is 471 g/mol. The zero-order valence-corrected chi connectivity index (χ0v) is 19.0. The first-order valence-electron chi connectivity index (χ1n) is 9.31. The van der Waals surface area contributed by atoms with E-state index in [4.69, 9.17) is 21.1 Å².